The summed E-state index contributed by atoms with van der Waals surface area (Å²) in [6, 6.07) is 8.47. The third-order valence-electron chi connectivity index (χ3n) is 3.08. The fourth-order valence-corrected chi connectivity index (χ4v) is 1.93. The van der Waals surface area contributed by atoms with Gasteiger partial charge in [0.2, 0.25) is 0 Å². The van der Waals surface area contributed by atoms with Crippen LogP contribution in [-0.2, 0) is 11.3 Å². The number of aromatic nitrogens is 1. The fraction of sp³-hybridized carbons (Fsp3) is 0.188. The van der Waals surface area contributed by atoms with E-state index in [2.05, 4.69) is 4.98 Å². The minimum atomic E-state index is -0.678. The SMILES string of the molecule is CC(=O)c1cccc(COC(=O)c2c(C)cc[nH]c2=O)c1. The van der Waals surface area contributed by atoms with Gasteiger partial charge in [-0.3, -0.25) is 9.59 Å². The Morgan fingerprint density at radius 1 is 1.24 bits per heavy atom. The number of Topliss-reactive ketones (excluding diaryl/α,β-unsaturated/α-hetero) is 1. The van der Waals surface area contributed by atoms with Crippen LogP contribution in [0.4, 0.5) is 0 Å². The topological polar surface area (TPSA) is 76.2 Å². The number of esters is 1. The van der Waals surface area contributed by atoms with E-state index in [1.54, 1.807) is 37.3 Å². The van der Waals surface area contributed by atoms with Crippen LogP contribution in [0.15, 0.2) is 41.3 Å². The molecule has 0 bridgehead atoms. The molecule has 0 saturated carbocycles. The van der Waals surface area contributed by atoms with Gasteiger partial charge in [0, 0.05) is 11.8 Å². The average Bonchev–Trinajstić information content (AvgIpc) is 2.45. The summed E-state index contributed by atoms with van der Waals surface area (Å²) < 4.78 is 5.14. The van der Waals surface area contributed by atoms with E-state index in [0.29, 0.717) is 16.7 Å². The molecule has 1 aromatic heterocycles. The number of hydrogen-bond donors (Lipinski definition) is 1. The zero-order valence-electron chi connectivity index (χ0n) is 11.8. The first kappa shape index (κ1) is 14.7. The minimum Gasteiger partial charge on any atom is -0.457 e. The van der Waals surface area contributed by atoms with Gasteiger partial charge in [0.15, 0.2) is 5.78 Å². The Hall–Kier alpha value is -2.69. The minimum absolute atomic E-state index is 0.000206. The Kier molecular flexibility index (Phi) is 4.33. The van der Waals surface area contributed by atoms with E-state index < -0.39 is 11.5 Å². The molecule has 2 rings (SSSR count). The van der Waals surface area contributed by atoms with Gasteiger partial charge in [0.25, 0.3) is 5.56 Å². The monoisotopic (exact) mass is 285 g/mol. The summed E-state index contributed by atoms with van der Waals surface area (Å²) in [6.45, 7) is 3.15. The molecule has 0 saturated heterocycles. The predicted octanol–water partition coefficient (Wildman–Crippen LogP) is 2.24. The highest BCUT2D eigenvalue weighted by Gasteiger charge is 2.15. The molecule has 2 aromatic rings. The van der Waals surface area contributed by atoms with Crippen LogP contribution >= 0.6 is 0 Å². The van der Waals surface area contributed by atoms with E-state index in [4.69, 9.17) is 4.74 Å². The molecule has 1 aromatic carbocycles. The molecule has 0 aliphatic rings. The number of carbonyl (C=O) groups is 2. The molecule has 0 amide bonds. The first-order valence-electron chi connectivity index (χ1n) is 6.44. The first-order chi connectivity index (χ1) is 9.99. The van der Waals surface area contributed by atoms with Crippen molar-refractivity contribution in [3.05, 3.63) is 69.1 Å². The Morgan fingerprint density at radius 3 is 2.67 bits per heavy atom. The molecule has 0 fully saturated rings. The summed E-state index contributed by atoms with van der Waals surface area (Å²) in [6.07, 6.45) is 1.48. The highest BCUT2D eigenvalue weighted by molar-refractivity contribution is 5.94. The van der Waals surface area contributed by atoms with E-state index in [-0.39, 0.29) is 18.0 Å². The van der Waals surface area contributed by atoms with Crippen LogP contribution < -0.4 is 5.56 Å². The average molecular weight is 285 g/mol. The van der Waals surface area contributed by atoms with E-state index in [1.165, 1.54) is 13.1 Å². The van der Waals surface area contributed by atoms with Crippen LogP contribution in [-0.4, -0.2) is 16.7 Å². The molecular formula is C16H15NO4. The van der Waals surface area contributed by atoms with Crippen molar-refractivity contribution in [1.29, 1.82) is 0 Å². The molecule has 0 aliphatic carbocycles. The molecule has 108 valence electrons. The number of carbonyl (C=O) groups excluding carboxylic acids is 2. The molecule has 21 heavy (non-hydrogen) atoms. The lowest BCUT2D eigenvalue weighted by Gasteiger charge is -2.07. The second-order valence-corrected chi connectivity index (χ2v) is 4.70. The van der Waals surface area contributed by atoms with Gasteiger partial charge in [-0.05, 0) is 37.1 Å². The Bertz CT molecular complexity index is 746. The summed E-state index contributed by atoms with van der Waals surface area (Å²) in [5.41, 5.74) is 1.33. The Morgan fingerprint density at radius 2 is 2.00 bits per heavy atom. The van der Waals surface area contributed by atoms with Crippen LogP contribution in [0.1, 0.15) is 38.8 Å². The number of rotatable bonds is 4. The lowest BCUT2D eigenvalue weighted by atomic mass is 10.1. The number of nitrogens with one attached hydrogen (secondary N) is 1. The number of H-pyrrole nitrogens is 1. The van der Waals surface area contributed by atoms with E-state index >= 15 is 0 Å². The number of aryl methyl sites for hydroxylation is 1. The lowest BCUT2D eigenvalue weighted by molar-refractivity contribution is 0.0469. The van der Waals surface area contributed by atoms with Crippen molar-refractivity contribution in [2.75, 3.05) is 0 Å². The fourth-order valence-electron chi connectivity index (χ4n) is 1.93. The van der Waals surface area contributed by atoms with Crippen LogP contribution in [0.2, 0.25) is 0 Å². The van der Waals surface area contributed by atoms with Crippen molar-refractivity contribution >= 4 is 11.8 Å². The molecule has 5 nitrogen and oxygen atoms in total. The number of ketones is 1. The zero-order chi connectivity index (χ0) is 15.4. The second-order valence-electron chi connectivity index (χ2n) is 4.70. The summed E-state index contributed by atoms with van der Waals surface area (Å²) in [7, 11) is 0. The molecule has 0 atom stereocenters. The van der Waals surface area contributed by atoms with Crippen LogP contribution in [0.25, 0.3) is 0 Å². The van der Waals surface area contributed by atoms with Crippen LogP contribution in [0, 0.1) is 6.92 Å². The normalized spacial score (nSPS) is 10.2. The third kappa shape index (κ3) is 3.45. The van der Waals surface area contributed by atoms with Crippen LogP contribution in [0.5, 0.6) is 0 Å². The molecule has 0 unspecified atom stereocenters. The van der Waals surface area contributed by atoms with Gasteiger partial charge in [0.1, 0.15) is 12.2 Å². The largest absolute Gasteiger partial charge is 0.457 e. The van der Waals surface area contributed by atoms with Gasteiger partial charge in [-0.1, -0.05) is 18.2 Å². The smallest absolute Gasteiger partial charge is 0.344 e. The summed E-state index contributed by atoms with van der Waals surface area (Å²) in [5.74, 6) is -0.735. The van der Waals surface area contributed by atoms with Gasteiger partial charge >= 0.3 is 5.97 Å². The van der Waals surface area contributed by atoms with Crippen molar-refractivity contribution in [2.45, 2.75) is 20.5 Å². The standard InChI is InChI=1S/C16H15NO4/c1-10-6-7-17-15(19)14(10)16(20)21-9-12-4-3-5-13(8-12)11(2)18/h3-8H,9H2,1-2H3,(H,17,19). The zero-order valence-corrected chi connectivity index (χ0v) is 11.8. The van der Waals surface area contributed by atoms with E-state index in [1.807, 2.05) is 0 Å². The summed E-state index contributed by atoms with van der Waals surface area (Å²) >= 11 is 0. The molecule has 0 radical (unpaired) electrons. The molecular weight excluding hydrogens is 270 g/mol. The van der Waals surface area contributed by atoms with Crippen molar-refractivity contribution in [1.82, 2.24) is 4.98 Å². The summed E-state index contributed by atoms with van der Waals surface area (Å²) in [4.78, 5) is 37.3. The highest BCUT2D eigenvalue weighted by Crippen LogP contribution is 2.09. The Labute approximate surface area is 121 Å². The number of aromatic amines is 1. The van der Waals surface area contributed by atoms with Gasteiger partial charge < -0.3 is 9.72 Å². The van der Waals surface area contributed by atoms with E-state index in [0.717, 1.165) is 0 Å². The first-order valence-corrected chi connectivity index (χ1v) is 6.44. The van der Waals surface area contributed by atoms with Crippen LogP contribution in [0.3, 0.4) is 0 Å². The number of benzene rings is 1. The van der Waals surface area contributed by atoms with Gasteiger partial charge in [-0.2, -0.15) is 0 Å². The predicted molar refractivity (Wildman–Crippen MR) is 77.4 cm³/mol. The highest BCUT2D eigenvalue weighted by atomic mass is 16.5. The molecule has 0 aliphatic heterocycles. The maximum Gasteiger partial charge on any atom is 0.344 e. The third-order valence-corrected chi connectivity index (χ3v) is 3.08. The quantitative estimate of drug-likeness (QED) is 0.690. The van der Waals surface area contributed by atoms with Gasteiger partial charge in [-0.25, -0.2) is 4.79 Å². The van der Waals surface area contributed by atoms with Gasteiger partial charge in [-0.15, -0.1) is 0 Å². The maximum atomic E-state index is 12.0. The molecule has 0 spiro atoms. The Balaban J connectivity index is 2.13. The van der Waals surface area contributed by atoms with Crippen molar-refractivity contribution in [3.63, 3.8) is 0 Å². The van der Waals surface area contributed by atoms with E-state index in [9.17, 15) is 14.4 Å². The van der Waals surface area contributed by atoms with Crippen molar-refractivity contribution in [3.8, 4) is 0 Å². The number of ether oxygens (including phenoxy) is 1. The lowest BCUT2D eigenvalue weighted by Crippen LogP contribution is -2.20. The summed E-state index contributed by atoms with van der Waals surface area (Å²) in [5, 5.41) is 0. The molecule has 1 heterocycles. The van der Waals surface area contributed by atoms with Crippen molar-refractivity contribution in [2.24, 2.45) is 0 Å². The second kappa shape index (κ2) is 6.17. The molecule has 1 N–H and O–H groups in total. The number of pyridine rings is 1. The molecule has 5 heteroatoms. The van der Waals surface area contributed by atoms with Gasteiger partial charge in [0.05, 0.1) is 0 Å². The van der Waals surface area contributed by atoms with Crippen molar-refractivity contribution < 1.29 is 14.3 Å². The maximum absolute atomic E-state index is 12.0. The number of hydrogen-bond acceptors (Lipinski definition) is 4.